The van der Waals surface area contributed by atoms with E-state index >= 15 is 0 Å². The molecule has 400 valence electrons. The minimum atomic E-state index is -4.63. The van der Waals surface area contributed by atoms with Gasteiger partial charge < -0.3 is 30.3 Å². The van der Waals surface area contributed by atoms with Gasteiger partial charge in [0.25, 0.3) is 5.69 Å². The fourth-order valence-electron chi connectivity index (χ4n) is 6.68. The maximum Gasteiger partial charge on any atom is 0.416 e. The van der Waals surface area contributed by atoms with Crippen molar-refractivity contribution in [3.8, 4) is 5.69 Å². The molecule has 1 aliphatic rings. The van der Waals surface area contributed by atoms with E-state index in [-0.39, 0.29) is 51.3 Å². The molecule has 1 aliphatic carbocycles. The SMILES string of the molecule is CCc1cccc(C)c1N(C(=O)CCl)C(C)COC.CS(=O)(=O)c1ccc(C(=O)C2C(=O)CCCC2=O)c([N+](=O)[O-])c1.Nc1c([N+](=O)[O-])cnn1-c1c(Cl)cc(C(F)(F)F)cc1Cl.O=C(O)CNCP(=O)(O)O. The van der Waals surface area contributed by atoms with Crippen molar-refractivity contribution in [2.45, 2.75) is 63.6 Å². The number of methoxy groups -OCH3 is 1. The standard InChI is InChI=1S/C15H22ClNO2.C14H13NO7S.C10H5Cl2F3N4O2.C3H8NO5P/c1-5-13-8-6-7-11(2)15(13)17(14(18)9-16)12(3)10-19-4;1-23(21,22)8-5-6-9(10(7-8)15(19)20)14(18)13-11(16)3-2-4-12(13)17;11-5-1-4(10(13,14)15)2-6(12)8(5)18-9(16)7(3-17-18)19(20)21;5-3(6)1-4-2-10(7,8)9/h6-8,12H,5,9-10H2,1-4H3;5-7,13H,2-4H2,1H3;1-3H,16H2;4H,1-2H2,(H,5,6)(H2,7,8,9). The number of nitrogen functional groups attached to an aromatic ring is 1. The lowest BCUT2D eigenvalue weighted by atomic mass is 9.81. The molecular formula is C42H48Cl3F3N7O16PS. The Morgan fingerprint density at radius 2 is 1.60 bits per heavy atom. The van der Waals surface area contributed by atoms with Crippen LogP contribution in [0.5, 0.6) is 0 Å². The number of para-hydroxylation sites is 1. The lowest BCUT2D eigenvalue weighted by molar-refractivity contribution is -0.385. The molecule has 0 bridgehead atoms. The quantitative estimate of drug-likeness (QED) is 0.0193. The lowest BCUT2D eigenvalue weighted by Gasteiger charge is -2.31. The predicted octanol–water partition coefficient (Wildman–Crippen LogP) is 6.77. The fraction of sp³-hybridized carbons (Fsp3) is 0.381. The van der Waals surface area contributed by atoms with Crippen LogP contribution in [0.15, 0.2) is 59.6 Å². The number of rotatable bonds is 16. The summed E-state index contributed by atoms with van der Waals surface area (Å²) in [5, 5.41) is 34.7. The van der Waals surface area contributed by atoms with Crippen LogP contribution in [0.2, 0.25) is 10.0 Å². The molecule has 1 atom stereocenters. The van der Waals surface area contributed by atoms with Crippen LogP contribution >= 0.6 is 42.4 Å². The summed E-state index contributed by atoms with van der Waals surface area (Å²) < 4.78 is 76.8. The molecule has 6 N–H and O–H groups in total. The highest BCUT2D eigenvalue weighted by atomic mass is 35.5. The fourth-order valence-corrected chi connectivity index (χ4v) is 8.50. The van der Waals surface area contributed by atoms with Crippen molar-refractivity contribution in [3.63, 3.8) is 0 Å². The minimum absolute atomic E-state index is 0.0223. The first kappa shape index (κ1) is 63.2. The largest absolute Gasteiger partial charge is 0.480 e. The molecule has 4 aromatic rings. The van der Waals surface area contributed by atoms with Gasteiger partial charge in [-0.05, 0) is 62.1 Å². The number of carbonyl (C=O) groups is 5. The third-order valence-electron chi connectivity index (χ3n) is 9.92. The van der Waals surface area contributed by atoms with Crippen LogP contribution in [-0.2, 0) is 50.9 Å². The second kappa shape index (κ2) is 27.4. The highest BCUT2D eigenvalue weighted by molar-refractivity contribution is 7.90. The van der Waals surface area contributed by atoms with Gasteiger partial charge in [0.2, 0.25) is 11.7 Å². The van der Waals surface area contributed by atoms with Gasteiger partial charge in [-0.2, -0.15) is 18.3 Å². The molecular weight excluding hydrogens is 1080 g/mol. The number of nitrogens with one attached hydrogen (secondary N) is 1. The number of ketones is 3. The van der Waals surface area contributed by atoms with E-state index in [1.165, 1.54) is 0 Å². The average Bonchev–Trinajstić information content (AvgIpc) is 3.66. The third kappa shape index (κ3) is 18.2. The number of nitro groups is 2. The van der Waals surface area contributed by atoms with E-state index in [2.05, 4.69) is 23.4 Å². The number of nitrogens with two attached hydrogens (primary N) is 1. The van der Waals surface area contributed by atoms with Crippen LogP contribution in [0.4, 0.5) is 36.1 Å². The summed E-state index contributed by atoms with van der Waals surface area (Å²) in [6.45, 7) is 6.12. The highest BCUT2D eigenvalue weighted by Crippen LogP contribution is 2.39. The van der Waals surface area contributed by atoms with E-state index in [9.17, 15) is 70.4 Å². The topological polar surface area (TPSA) is 352 Å². The Morgan fingerprint density at radius 1 is 1.04 bits per heavy atom. The van der Waals surface area contributed by atoms with Gasteiger partial charge in [-0.1, -0.05) is 48.3 Å². The second-order valence-electron chi connectivity index (χ2n) is 15.4. The zero-order valence-electron chi connectivity index (χ0n) is 39.1. The molecule has 1 amide bonds. The van der Waals surface area contributed by atoms with E-state index in [0.29, 0.717) is 25.2 Å². The number of amides is 1. The molecule has 1 unspecified atom stereocenters. The van der Waals surface area contributed by atoms with Gasteiger partial charge in [-0.15, -0.1) is 11.6 Å². The number of carboxylic acids is 1. The zero-order chi connectivity index (χ0) is 55.9. The summed E-state index contributed by atoms with van der Waals surface area (Å²) in [6.07, 6.45) is -2.14. The monoisotopic (exact) mass is 1130 g/mol. The third-order valence-corrected chi connectivity index (χ3v) is 12.5. The molecule has 0 spiro atoms. The van der Waals surface area contributed by atoms with Gasteiger partial charge in [0.05, 0.1) is 67.1 Å². The number of Topliss-reactive ketones (excluding diaryl/α,β-unsaturated/α-hetero) is 3. The van der Waals surface area contributed by atoms with Gasteiger partial charge >= 0.3 is 25.4 Å². The molecule has 23 nitrogen and oxygen atoms in total. The van der Waals surface area contributed by atoms with Crippen molar-refractivity contribution < 1.29 is 79.6 Å². The summed E-state index contributed by atoms with van der Waals surface area (Å²) >= 11 is 17.3. The number of aliphatic carboxylic acids is 1. The summed E-state index contributed by atoms with van der Waals surface area (Å²) in [7, 11) is -6.16. The minimum Gasteiger partial charge on any atom is -0.480 e. The predicted molar refractivity (Wildman–Crippen MR) is 260 cm³/mol. The maximum absolute atomic E-state index is 12.6. The number of anilines is 2. The van der Waals surface area contributed by atoms with Crippen LogP contribution in [-0.4, -0.2) is 117 Å². The highest BCUT2D eigenvalue weighted by Gasteiger charge is 2.39. The Kier molecular flexibility index (Phi) is 23.7. The van der Waals surface area contributed by atoms with E-state index in [0.717, 1.165) is 58.6 Å². The van der Waals surface area contributed by atoms with Crippen LogP contribution in [0.25, 0.3) is 5.69 Å². The first-order valence-electron chi connectivity index (χ1n) is 20.8. The van der Waals surface area contributed by atoms with Crippen LogP contribution < -0.4 is 16.0 Å². The first-order valence-corrected chi connectivity index (χ1v) is 25.8. The number of hydrogen-bond acceptors (Lipinski definition) is 16. The Labute approximate surface area is 429 Å². The molecule has 5 rings (SSSR count). The number of aromatic nitrogens is 2. The Hall–Kier alpha value is -5.90. The summed E-state index contributed by atoms with van der Waals surface area (Å²) in [6, 6.07) is 10.1. The molecule has 1 fully saturated rings. The van der Waals surface area contributed by atoms with E-state index in [1.54, 1.807) is 12.0 Å². The van der Waals surface area contributed by atoms with Crippen molar-refractivity contribution in [1.29, 1.82) is 0 Å². The molecule has 73 heavy (non-hydrogen) atoms. The lowest BCUT2D eigenvalue weighted by Crippen LogP contribution is -2.43. The number of hydrogen-bond donors (Lipinski definition) is 5. The van der Waals surface area contributed by atoms with Crippen molar-refractivity contribution in [2.24, 2.45) is 5.92 Å². The van der Waals surface area contributed by atoms with Crippen molar-refractivity contribution in [1.82, 2.24) is 15.1 Å². The van der Waals surface area contributed by atoms with Gasteiger partial charge in [0.1, 0.15) is 23.7 Å². The normalized spacial score (nSPS) is 13.3. The van der Waals surface area contributed by atoms with E-state index in [4.69, 9.17) is 60.2 Å². The maximum atomic E-state index is 12.6. The molecule has 1 heterocycles. The average molecular weight is 1130 g/mol. The number of nitro benzene ring substituents is 1. The number of halogens is 6. The van der Waals surface area contributed by atoms with Crippen LogP contribution in [0, 0.1) is 33.1 Å². The smallest absolute Gasteiger partial charge is 0.416 e. The number of alkyl halides is 4. The van der Waals surface area contributed by atoms with Crippen molar-refractivity contribution in [3.05, 3.63) is 107 Å². The van der Waals surface area contributed by atoms with E-state index < -0.39 is 104 Å². The van der Waals surface area contributed by atoms with Gasteiger partial charge in [0.15, 0.2) is 27.2 Å². The molecule has 0 radical (unpaired) electrons. The molecule has 1 saturated carbocycles. The number of benzene rings is 3. The Bertz CT molecular complexity index is 2850. The molecule has 0 aliphatic heterocycles. The Balaban J connectivity index is 0.000000345. The zero-order valence-corrected chi connectivity index (χ0v) is 43.1. The van der Waals surface area contributed by atoms with Crippen molar-refractivity contribution in [2.75, 3.05) is 49.3 Å². The molecule has 3 aromatic carbocycles. The molecule has 1 aromatic heterocycles. The summed E-state index contributed by atoms with van der Waals surface area (Å²) in [5.74, 6) is -5.27. The van der Waals surface area contributed by atoms with Gasteiger partial charge in [-0.3, -0.25) is 54.1 Å². The van der Waals surface area contributed by atoms with E-state index in [1.807, 2.05) is 26.0 Å². The Morgan fingerprint density at radius 3 is 2.04 bits per heavy atom. The summed E-state index contributed by atoms with van der Waals surface area (Å²) in [5.41, 5.74) is 5.83. The van der Waals surface area contributed by atoms with Gasteiger partial charge in [-0.25, -0.2) is 13.1 Å². The molecule has 0 saturated heterocycles. The number of carbonyl (C=O) groups excluding carboxylic acids is 4. The number of sulfone groups is 1. The first-order chi connectivity index (χ1) is 33.7. The van der Waals surface area contributed by atoms with Crippen LogP contribution in [0.3, 0.4) is 0 Å². The van der Waals surface area contributed by atoms with Gasteiger partial charge in [0, 0.05) is 32.3 Å². The number of carboxylic acid groups (broad SMARTS) is 1. The number of ether oxygens (including phenoxy) is 1. The second-order valence-corrected chi connectivity index (χ2v) is 20.2. The molecule has 31 heteroatoms. The van der Waals surface area contributed by atoms with Crippen LogP contribution in [0.1, 0.15) is 60.2 Å². The van der Waals surface area contributed by atoms with Crippen molar-refractivity contribution >= 4 is 104 Å². The number of aryl methyl sites for hydroxylation is 2. The number of nitrogens with zero attached hydrogens (tertiary/aromatic N) is 5. The summed E-state index contributed by atoms with van der Waals surface area (Å²) in [4.78, 5) is 96.0.